The van der Waals surface area contributed by atoms with Crippen molar-refractivity contribution in [1.29, 1.82) is 0 Å². The number of benzene rings is 6. The summed E-state index contributed by atoms with van der Waals surface area (Å²) in [5.74, 6) is 6.47. The molecule has 0 aromatic heterocycles. The van der Waals surface area contributed by atoms with Crippen LogP contribution in [0.25, 0.3) is 10.8 Å². The molecule has 400 valence electrons. The van der Waals surface area contributed by atoms with E-state index < -0.39 is 0 Å². The molecule has 0 aliphatic heterocycles. The molecular formula is C71H116. The van der Waals surface area contributed by atoms with E-state index in [-0.39, 0.29) is 37.1 Å². The Hall–Kier alpha value is -4.42. The van der Waals surface area contributed by atoms with Crippen molar-refractivity contribution in [3.05, 3.63) is 189 Å². The van der Waals surface area contributed by atoms with Gasteiger partial charge in [0.25, 0.3) is 0 Å². The zero-order valence-corrected chi connectivity index (χ0v) is 46.1. The van der Waals surface area contributed by atoms with E-state index in [9.17, 15) is 0 Å². The number of hydrogen-bond donors (Lipinski definition) is 0. The monoisotopic (exact) mass is 969 g/mol. The Morgan fingerprint density at radius 2 is 0.535 bits per heavy atom. The maximum Gasteiger partial charge on any atom is -0.0181 e. The summed E-state index contributed by atoms with van der Waals surface area (Å²) >= 11 is 0. The topological polar surface area (TPSA) is 0 Å². The molecule has 0 amide bonds. The molecular weight excluding hydrogens is 853 g/mol. The zero-order valence-electron chi connectivity index (χ0n) is 46.1. The van der Waals surface area contributed by atoms with Gasteiger partial charge in [0, 0.05) is 0 Å². The second-order valence-corrected chi connectivity index (χ2v) is 22.1. The first-order valence-electron chi connectivity index (χ1n) is 25.8. The van der Waals surface area contributed by atoms with Crippen LogP contribution in [0.3, 0.4) is 0 Å². The molecule has 0 fully saturated rings. The predicted octanol–water partition coefficient (Wildman–Crippen LogP) is 24.4. The second-order valence-electron chi connectivity index (χ2n) is 22.1. The van der Waals surface area contributed by atoms with E-state index in [1.807, 2.05) is 0 Å². The average Bonchev–Trinajstić information content (AvgIpc) is 3.26. The van der Waals surface area contributed by atoms with Crippen molar-refractivity contribution in [1.82, 2.24) is 0 Å². The van der Waals surface area contributed by atoms with Crippen molar-refractivity contribution >= 4 is 10.8 Å². The number of rotatable bonds is 11. The van der Waals surface area contributed by atoms with Crippen LogP contribution >= 0.6 is 0 Å². The Morgan fingerprint density at radius 3 is 0.817 bits per heavy atom. The fourth-order valence-corrected chi connectivity index (χ4v) is 7.76. The molecule has 0 bridgehead atoms. The highest BCUT2D eigenvalue weighted by atomic mass is 14.1. The van der Waals surface area contributed by atoms with Crippen LogP contribution in [0.5, 0.6) is 0 Å². The van der Waals surface area contributed by atoms with E-state index in [2.05, 4.69) is 273 Å². The van der Waals surface area contributed by atoms with Crippen molar-refractivity contribution in [3.63, 3.8) is 0 Å². The SMILES string of the molecule is C.C.C.C.C.CC(C)Cc1ccc(C(C)C)cc1.CC(C)c1ccc(C(C)C)cc1.CC(C)c1ccc2cc(C(C)C)ccc2c1.CC(C)c1cccc(C(C)C)c1.Cc1cc(C(C)C)ccc1C(C)C. The van der Waals surface area contributed by atoms with Gasteiger partial charge < -0.3 is 0 Å². The molecule has 0 nitrogen and oxygen atoms in total. The van der Waals surface area contributed by atoms with Gasteiger partial charge >= 0.3 is 0 Å². The Morgan fingerprint density at radius 1 is 0.268 bits per heavy atom. The first-order chi connectivity index (χ1) is 30.9. The highest BCUT2D eigenvalue weighted by molar-refractivity contribution is 5.84. The van der Waals surface area contributed by atoms with Gasteiger partial charge in [0.05, 0.1) is 0 Å². The molecule has 0 aliphatic rings. The summed E-state index contributed by atoms with van der Waals surface area (Å²) in [6.45, 7) is 47.0. The molecule has 6 aromatic rings. The van der Waals surface area contributed by atoms with E-state index in [0.717, 1.165) is 5.92 Å². The van der Waals surface area contributed by atoms with Crippen LogP contribution in [0.2, 0.25) is 0 Å². The minimum Gasteiger partial charge on any atom is -0.0776 e. The Balaban J connectivity index is -0.000000390. The van der Waals surface area contributed by atoms with Crippen LogP contribution < -0.4 is 0 Å². The molecule has 6 rings (SSSR count). The van der Waals surface area contributed by atoms with Crippen molar-refractivity contribution in [3.8, 4) is 0 Å². The molecule has 0 aliphatic carbocycles. The lowest BCUT2D eigenvalue weighted by Gasteiger charge is -2.13. The van der Waals surface area contributed by atoms with Gasteiger partial charge in [0.15, 0.2) is 0 Å². The average molecular weight is 970 g/mol. The zero-order chi connectivity index (χ0) is 49.8. The fraction of sp³-hybridized carbons (Fsp3) is 0.521. The maximum atomic E-state index is 2.32. The first kappa shape index (κ1) is 73.1. The molecule has 0 heteroatoms. The van der Waals surface area contributed by atoms with E-state index >= 15 is 0 Å². The Labute approximate surface area is 445 Å². The summed E-state index contributed by atoms with van der Waals surface area (Å²) in [6, 6.07) is 47.3. The van der Waals surface area contributed by atoms with Gasteiger partial charge in [-0.25, -0.2) is 0 Å². The Kier molecular flexibility index (Phi) is 37.6. The van der Waals surface area contributed by atoms with Gasteiger partial charge in [-0.1, -0.05) is 303 Å². The van der Waals surface area contributed by atoms with E-state index in [1.54, 1.807) is 0 Å². The van der Waals surface area contributed by atoms with Crippen molar-refractivity contribution in [2.75, 3.05) is 0 Å². The third-order valence-corrected chi connectivity index (χ3v) is 12.6. The van der Waals surface area contributed by atoms with Crippen molar-refractivity contribution < 1.29 is 0 Å². The lowest BCUT2D eigenvalue weighted by atomic mass is 9.93. The maximum absolute atomic E-state index is 2.32. The van der Waals surface area contributed by atoms with Crippen molar-refractivity contribution in [2.45, 2.75) is 242 Å². The molecule has 71 heavy (non-hydrogen) atoms. The fourth-order valence-electron chi connectivity index (χ4n) is 7.76. The van der Waals surface area contributed by atoms with E-state index in [0.29, 0.717) is 53.3 Å². The predicted molar refractivity (Wildman–Crippen MR) is 333 cm³/mol. The lowest BCUT2D eigenvalue weighted by Crippen LogP contribution is -1.95. The van der Waals surface area contributed by atoms with Gasteiger partial charge in [0.2, 0.25) is 0 Å². The highest BCUT2D eigenvalue weighted by Crippen LogP contribution is 2.27. The molecule has 0 radical (unpaired) electrons. The van der Waals surface area contributed by atoms with Crippen LogP contribution in [0, 0.1) is 12.8 Å². The second kappa shape index (κ2) is 36.5. The van der Waals surface area contributed by atoms with Gasteiger partial charge in [-0.05, 0) is 144 Å². The molecule has 0 unspecified atom stereocenters. The Bertz CT molecular complexity index is 2140. The molecule has 0 heterocycles. The molecule has 0 saturated heterocycles. The van der Waals surface area contributed by atoms with Crippen LogP contribution in [0.1, 0.15) is 290 Å². The third kappa shape index (κ3) is 26.2. The summed E-state index contributed by atoms with van der Waals surface area (Å²) < 4.78 is 0. The molecule has 0 N–H and O–H groups in total. The van der Waals surface area contributed by atoms with Gasteiger partial charge in [-0.3, -0.25) is 0 Å². The van der Waals surface area contributed by atoms with E-state index in [1.165, 1.54) is 78.4 Å². The highest BCUT2D eigenvalue weighted by Gasteiger charge is 2.07. The van der Waals surface area contributed by atoms with Crippen LogP contribution in [-0.4, -0.2) is 0 Å². The standard InChI is InChI=1S/C16H20.2C13H20.2C12H18.5CH4/c1-11(2)13-5-7-16-10-14(12(3)4)6-8-15(16)9-13;1-9(2)12-6-7-13(10(3)4)11(5)8-12;1-10(2)9-12-5-7-13(8-6-12)11(3)4;1-9(2)11-5-7-12(8-6-11)10(3)4;1-9(2)11-6-5-7-12(8-11)10(3)4;;;;;/h5-12H,1-4H3;6-10H,1-5H3;5-8,10-11H,9H2,1-4H3;2*5-10H,1-4H3;5*1H4. The van der Waals surface area contributed by atoms with Gasteiger partial charge in [0.1, 0.15) is 0 Å². The summed E-state index contributed by atoms with van der Waals surface area (Å²) in [6.07, 6.45) is 1.19. The largest absolute Gasteiger partial charge is 0.0776 e. The van der Waals surface area contributed by atoms with Crippen LogP contribution in [0.4, 0.5) is 0 Å². The first-order valence-corrected chi connectivity index (χ1v) is 25.8. The molecule has 0 saturated carbocycles. The van der Waals surface area contributed by atoms with Crippen LogP contribution in [-0.2, 0) is 6.42 Å². The number of aryl methyl sites for hydroxylation is 1. The minimum atomic E-state index is 0. The molecule has 0 spiro atoms. The van der Waals surface area contributed by atoms with E-state index in [4.69, 9.17) is 0 Å². The lowest BCUT2D eigenvalue weighted by molar-refractivity contribution is 0.647. The molecule has 0 atom stereocenters. The summed E-state index contributed by atoms with van der Waals surface area (Å²) in [5, 5.41) is 2.71. The number of hydrogen-bond acceptors (Lipinski definition) is 0. The number of fused-ring (bicyclic) bond motifs is 1. The normalized spacial score (nSPS) is 10.5. The van der Waals surface area contributed by atoms with Gasteiger partial charge in [-0.2, -0.15) is 0 Å². The quantitative estimate of drug-likeness (QED) is 0.121. The van der Waals surface area contributed by atoms with Crippen molar-refractivity contribution in [2.24, 2.45) is 5.92 Å². The van der Waals surface area contributed by atoms with Gasteiger partial charge in [-0.15, -0.1) is 0 Å². The third-order valence-electron chi connectivity index (χ3n) is 12.6. The molecule has 6 aromatic carbocycles. The minimum absolute atomic E-state index is 0. The summed E-state index contributed by atoms with van der Waals surface area (Å²) in [4.78, 5) is 0. The summed E-state index contributed by atoms with van der Waals surface area (Å²) in [5.41, 5.74) is 15.8. The summed E-state index contributed by atoms with van der Waals surface area (Å²) in [7, 11) is 0. The smallest absolute Gasteiger partial charge is 0.0181 e. The van der Waals surface area contributed by atoms with Crippen LogP contribution in [0.15, 0.2) is 127 Å².